The number of hydrogen-bond donors (Lipinski definition) is 3. The van der Waals surface area contributed by atoms with Crippen molar-refractivity contribution in [3.63, 3.8) is 0 Å². The summed E-state index contributed by atoms with van der Waals surface area (Å²) in [5.74, 6) is -0.454. The molecule has 1 atom stereocenters. The number of nitrogens with two attached hydrogens (primary N) is 1. The van der Waals surface area contributed by atoms with Crippen molar-refractivity contribution in [2.45, 2.75) is 38.8 Å². The first-order chi connectivity index (χ1) is 9.17. The summed E-state index contributed by atoms with van der Waals surface area (Å²) in [6.45, 7) is 5.46. The van der Waals surface area contributed by atoms with Crippen LogP contribution in [0.1, 0.15) is 26.3 Å². The quantitative estimate of drug-likeness (QED) is 0.788. The normalized spacial score (nSPS) is 12.8. The highest BCUT2D eigenvalue weighted by Crippen LogP contribution is 2.19. The second kappa shape index (κ2) is 6.56. The third-order valence-electron chi connectivity index (χ3n) is 2.43. The van der Waals surface area contributed by atoms with E-state index in [-0.39, 0.29) is 18.7 Å². The number of amides is 1. The zero-order valence-electron chi connectivity index (χ0n) is 11.9. The molecule has 0 bridgehead atoms. The highest BCUT2D eigenvalue weighted by Gasteiger charge is 2.17. The summed E-state index contributed by atoms with van der Waals surface area (Å²) < 4.78 is 18.1. The molecule has 1 unspecified atom stereocenters. The molecule has 5 nitrogen and oxygen atoms in total. The standard InChI is InChI=1S/C14H21FN2O3/c1-14(2,3)20-13(19)17-8-11(16)7-9-6-10(15)4-5-12(9)18/h4-6,11,18H,7-8,16H2,1-3H3,(H,17,19). The molecule has 6 heteroatoms. The Labute approximate surface area is 117 Å². The van der Waals surface area contributed by atoms with E-state index < -0.39 is 23.6 Å². The summed E-state index contributed by atoms with van der Waals surface area (Å²) in [6.07, 6.45) is -0.309. The lowest BCUT2D eigenvalue weighted by molar-refractivity contribution is 0.0524. The molecule has 0 heterocycles. The molecule has 0 aliphatic heterocycles. The number of phenolic OH excluding ortho intramolecular Hbond substituents is 1. The second-order valence-electron chi connectivity index (χ2n) is 5.62. The maximum atomic E-state index is 13.1. The Morgan fingerprint density at radius 1 is 1.50 bits per heavy atom. The van der Waals surface area contributed by atoms with Crippen molar-refractivity contribution in [2.24, 2.45) is 5.73 Å². The molecule has 1 rings (SSSR count). The van der Waals surface area contributed by atoms with Crippen molar-refractivity contribution < 1.29 is 19.0 Å². The number of halogens is 1. The van der Waals surface area contributed by atoms with Gasteiger partial charge >= 0.3 is 6.09 Å². The molecule has 112 valence electrons. The Bertz CT molecular complexity index is 472. The molecule has 1 aromatic rings. The molecule has 0 saturated heterocycles. The van der Waals surface area contributed by atoms with E-state index in [1.54, 1.807) is 20.8 Å². The Morgan fingerprint density at radius 2 is 2.15 bits per heavy atom. The Morgan fingerprint density at radius 3 is 2.75 bits per heavy atom. The van der Waals surface area contributed by atoms with Gasteiger partial charge < -0.3 is 20.9 Å². The minimum Gasteiger partial charge on any atom is -0.508 e. The molecule has 0 aliphatic carbocycles. The highest BCUT2D eigenvalue weighted by molar-refractivity contribution is 5.67. The molecule has 0 saturated carbocycles. The van der Waals surface area contributed by atoms with E-state index in [1.165, 1.54) is 18.2 Å². The summed E-state index contributed by atoms with van der Waals surface area (Å²) in [5.41, 5.74) is 5.66. The lowest BCUT2D eigenvalue weighted by atomic mass is 10.1. The Balaban J connectivity index is 2.46. The fourth-order valence-electron chi connectivity index (χ4n) is 1.60. The molecule has 20 heavy (non-hydrogen) atoms. The summed E-state index contributed by atoms with van der Waals surface area (Å²) >= 11 is 0. The van der Waals surface area contributed by atoms with Crippen LogP contribution in [0.15, 0.2) is 18.2 Å². The molecule has 0 radical (unpaired) electrons. The van der Waals surface area contributed by atoms with Gasteiger partial charge in [-0.1, -0.05) is 0 Å². The van der Waals surface area contributed by atoms with Crippen LogP contribution in [0.3, 0.4) is 0 Å². The predicted octanol–water partition coefficient (Wildman–Crippen LogP) is 1.93. The number of nitrogens with one attached hydrogen (secondary N) is 1. The molecular weight excluding hydrogens is 263 g/mol. The Kier molecular flexibility index (Phi) is 5.33. The van der Waals surface area contributed by atoms with Crippen LogP contribution < -0.4 is 11.1 Å². The van der Waals surface area contributed by atoms with E-state index in [0.29, 0.717) is 5.56 Å². The number of phenols is 1. The lowest BCUT2D eigenvalue weighted by Gasteiger charge is -2.21. The van der Waals surface area contributed by atoms with Crippen LogP contribution >= 0.6 is 0 Å². The predicted molar refractivity (Wildman–Crippen MR) is 74.0 cm³/mol. The SMILES string of the molecule is CC(C)(C)OC(=O)NCC(N)Cc1cc(F)ccc1O. The van der Waals surface area contributed by atoms with Crippen molar-refractivity contribution in [3.8, 4) is 5.75 Å². The van der Waals surface area contributed by atoms with Crippen LogP contribution in [0, 0.1) is 5.82 Å². The molecule has 1 amide bonds. The average molecular weight is 284 g/mol. The maximum Gasteiger partial charge on any atom is 0.407 e. The number of carbonyl (C=O) groups is 1. The molecule has 0 aromatic heterocycles. The number of rotatable bonds is 4. The van der Waals surface area contributed by atoms with Gasteiger partial charge in [-0.2, -0.15) is 0 Å². The van der Waals surface area contributed by atoms with Crippen LogP contribution in [0.5, 0.6) is 5.75 Å². The van der Waals surface area contributed by atoms with Crippen molar-refractivity contribution in [3.05, 3.63) is 29.6 Å². The monoisotopic (exact) mass is 284 g/mol. The van der Waals surface area contributed by atoms with Gasteiger partial charge in [0.1, 0.15) is 17.2 Å². The van der Waals surface area contributed by atoms with Gasteiger partial charge in [0.2, 0.25) is 0 Å². The summed E-state index contributed by atoms with van der Waals surface area (Å²) in [4.78, 5) is 11.4. The minimum atomic E-state index is -0.574. The van der Waals surface area contributed by atoms with Crippen LogP contribution in [0.25, 0.3) is 0 Å². The van der Waals surface area contributed by atoms with E-state index in [9.17, 15) is 14.3 Å². The molecule has 4 N–H and O–H groups in total. The summed E-state index contributed by atoms with van der Waals surface area (Å²) in [6, 6.07) is 3.22. The van der Waals surface area contributed by atoms with Crippen molar-refractivity contribution >= 4 is 6.09 Å². The van der Waals surface area contributed by atoms with Gasteiger partial charge in [-0.25, -0.2) is 9.18 Å². The van der Waals surface area contributed by atoms with Gasteiger partial charge in [0.05, 0.1) is 0 Å². The number of benzene rings is 1. The van der Waals surface area contributed by atoms with Gasteiger partial charge in [-0.3, -0.25) is 0 Å². The average Bonchev–Trinajstić information content (AvgIpc) is 2.29. The van der Waals surface area contributed by atoms with Gasteiger partial charge in [-0.15, -0.1) is 0 Å². The van der Waals surface area contributed by atoms with E-state index in [2.05, 4.69) is 5.32 Å². The number of alkyl carbamates (subject to hydrolysis) is 1. The van der Waals surface area contributed by atoms with Gasteiger partial charge in [0.25, 0.3) is 0 Å². The first kappa shape index (κ1) is 16.2. The molecule has 0 fully saturated rings. The fourth-order valence-corrected chi connectivity index (χ4v) is 1.60. The van der Waals surface area contributed by atoms with E-state index >= 15 is 0 Å². The van der Waals surface area contributed by atoms with Crippen molar-refractivity contribution in [1.29, 1.82) is 0 Å². The molecule has 1 aromatic carbocycles. The van der Waals surface area contributed by atoms with Gasteiger partial charge in [-0.05, 0) is 51.0 Å². The summed E-state index contributed by atoms with van der Waals surface area (Å²) in [5, 5.41) is 12.1. The molecule has 0 spiro atoms. The fraction of sp³-hybridized carbons (Fsp3) is 0.500. The first-order valence-electron chi connectivity index (χ1n) is 6.37. The third-order valence-corrected chi connectivity index (χ3v) is 2.43. The number of aromatic hydroxyl groups is 1. The largest absolute Gasteiger partial charge is 0.508 e. The highest BCUT2D eigenvalue weighted by atomic mass is 19.1. The van der Waals surface area contributed by atoms with Crippen LogP contribution in [0.4, 0.5) is 9.18 Å². The van der Waals surface area contributed by atoms with Gasteiger partial charge in [0, 0.05) is 12.6 Å². The van der Waals surface area contributed by atoms with E-state index in [4.69, 9.17) is 10.5 Å². The maximum absolute atomic E-state index is 13.1. The topological polar surface area (TPSA) is 84.6 Å². The van der Waals surface area contributed by atoms with Crippen LogP contribution in [0.2, 0.25) is 0 Å². The van der Waals surface area contributed by atoms with Gasteiger partial charge in [0.15, 0.2) is 0 Å². The number of carbonyl (C=O) groups excluding carboxylic acids is 1. The van der Waals surface area contributed by atoms with E-state index in [1.807, 2.05) is 0 Å². The third kappa shape index (κ3) is 5.88. The second-order valence-corrected chi connectivity index (χ2v) is 5.62. The zero-order chi connectivity index (χ0) is 15.3. The van der Waals surface area contributed by atoms with Crippen molar-refractivity contribution in [1.82, 2.24) is 5.32 Å². The summed E-state index contributed by atoms with van der Waals surface area (Å²) in [7, 11) is 0. The minimum absolute atomic E-state index is 0.0147. The van der Waals surface area contributed by atoms with E-state index in [0.717, 1.165) is 0 Å². The zero-order valence-corrected chi connectivity index (χ0v) is 11.9. The van der Waals surface area contributed by atoms with Crippen LogP contribution in [-0.4, -0.2) is 29.4 Å². The lowest BCUT2D eigenvalue weighted by Crippen LogP contribution is -2.41. The number of ether oxygens (including phenoxy) is 1. The van der Waals surface area contributed by atoms with Crippen molar-refractivity contribution in [2.75, 3.05) is 6.54 Å². The first-order valence-corrected chi connectivity index (χ1v) is 6.37. The molecular formula is C14H21FN2O3. The smallest absolute Gasteiger partial charge is 0.407 e. The van der Waals surface area contributed by atoms with Crippen LogP contribution in [-0.2, 0) is 11.2 Å². The number of hydrogen-bond acceptors (Lipinski definition) is 4. The molecule has 0 aliphatic rings. The Hall–Kier alpha value is -1.82.